The average Bonchev–Trinajstić information content (AvgIpc) is 3.27. The Morgan fingerprint density at radius 1 is 1.14 bits per heavy atom. The molecule has 1 saturated carbocycles. The normalized spacial score (nSPS) is 20.4. The van der Waals surface area contributed by atoms with Gasteiger partial charge in [0.2, 0.25) is 5.91 Å². The fourth-order valence-electron chi connectivity index (χ4n) is 5.40. The number of aliphatic hydroxyl groups excluding tert-OH is 1. The molecule has 4 atom stereocenters. The van der Waals surface area contributed by atoms with Gasteiger partial charge in [0.05, 0.1) is 24.1 Å². The lowest BCUT2D eigenvalue weighted by Crippen LogP contribution is -2.66. The minimum Gasteiger partial charge on any atom is -0.465 e. The Labute approximate surface area is 216 Å². The van der Waals surface area contributed by atoms with E-state index in [1.165, 1.54) is 4.90 Å². The SMILES string of the molecule is CC(Cc1c[nH]c2ccccc12)(C(=O)NC(CO)Cc1ccccc1)N(C(=O)O)C1CCCCC1Cl. The zero-order valence-electron chi connectivity index (χ0n) is 20.5. The third kappa shape index (κ3) is 5.52. The number of carbonyl (C=O) groups excluding carboxylic acids is 1. The molecule has 36 heavy (non-hydrogen) atoms. The number of carboxylic acid groups (broad SMARTS) is 1. The number of hydrogen-bond acceptors (Lipinski definition) is 3. The molecule has 8 heteroatoms. The Hall–Kier alpha value is -3.03. The Bertz CT molecular complexity index is 1180. The number of alkyl halides is 1. The maximum absolute atomic E-state index is 14.0. The van der Waals surface area contributed by atoms with Crippen LogP contribution < -0.4 is 5.32 Å². The van der Waals surface area contributed by atoms with Crippen molar-refractivity contribution < 1.29 is 19.8 Å². The highest BCUT2D eigenvalue weighted by Gasteiger charge is 2.48. The molecule has 2 amide bonds. The standard InChI is InChI=1S/C28H34ClN3O4/c1-28(16-20-17-30-24-13-7-5-11-22(20)24,32(27(35)36)25-14-8-6-12-23(25)29)26(34)31-21(18-33)15-19-9-3-2-4-10-19/h2-5,7,9-11,13,17,21,23,25,30,33H,6,8,12,14-16,18H2,1H3,(H,31,34)(H,35,36). The molecule has 1 aromatic heterocycles. The predicted molar refractivity (Wildman–Crippen MR) is 141 cm³/mol. The van der Waals surface area contributed by atoms with Crippen molar-refractivity contribution in [3.8, 4) is 0 Å². The quantitative estimate of drug-likeness (QED) is 0.312. The van der Waals surface area contributed by atoms with E-state index >= 15 is 0 Å². The molecule has 4 rings (SSSR count). The molecular weight excluding hydrogens is 478 g/mol. The summed E-state index contributed by atoms with van der Waals surface area (Å²) in [5.74, 6) is -0.445. The number of aromatic nitrogens is 1. The van der Waals surface area contributed by atoms with Gasteiger partial charge in [0, 0.05) is 23.5 Å². The molecule has 0 saturated heterocycles. The van der Waals surface area contributed by atoms with E-state index in [0.717, 1.165) is 34.9 Å². The lowest BCUT2D eigenvalue weighted by molar-refractivity contribution is -0.134. The summed E-state index contributed by atoms with van der Waals surface area (Å²) in [7, 11) is 0. The minimum absolute atomic E-state index is 0.165. The molecular formula is C28H34ClN3O4. The fraction of sp³-hybridized carbons (Fsp3) is 0.429. The Balaban J connectivity index is 1.70. The van der Waals surface area contributed by atoms with Gasteiger partial charge in [-0.3, -0.25) is 9.69 Å². The number of para-hydroxylation sites is 1. The largest absolute Gasteiger partial charge is 0.465 e. The summed E-state index contributed by atoms with van der Waals surface area (Å²) in [6.45, 7) is 1.41. The van der Waals surface area contributed by atoms with E-state index < -0.39 is 29.6 Å². The van der Waals surface area contributed by atoms with Crippen LogP contribution in [0.5, 0.6) is 0 Å². The number of aliphatic hydroxyl groups is 1. The highest BCUT2D eigenvalue weighted by molar-refractivity contribution is 6.21. The number of H-pyrrole nitrogens is 1. The molecule has 1 aliphatic carbocycles. The summed E-state index contributed by atoms with van der Waals surface area (Å²) >= 11 is 6.67. The van der Waals surface area contributed by atoms with Gasteiger partial charge in [-0.05, 0) is 43.4 Å². The van der Waals surface area contributed by atoms with Gasteiger partial charge < -0.3 is 20.5 Å². The number of aromatic amines is 1. The van der Waals surface area contributed by atoms with E-state index in [0.29, 0.717) is 19.3 Å². The van der Waals surface area contributed by atoms with Crippen LogP contribution in [0.4, 0.5) is 4.79 Å². The van der Waals surface area contributed by atoms with Crippen molar-refractivity contribution in [2.45, 2.75) is 68.4 Å². The third-order valence-corrected chi connectivity index (χ3v) is 7.81. The first-order valence-electron chi connectivity index (χ1n) is 12.5. The molecule has 4 unspecified atom stereocenters. The third-order valence-electron chi connectivity index (χ3n) is 7.30. The van der Waals surface area contributed by atoms with Crippen LogP contribution in [-0.4, -0.2) is 61.7 Å². The van der Waals surface area contributed by atoms with Crippen molar-refractivity contribution in [2.24, 2.45) is 0 Å². The van der Waals surface area contributed by atoms with E-state index in [9.17, 15) is 19.8 Å². The van der Waals surface area contributed by atoms with E-state index in [2.05, 4.69) is 10.3 Å². The van der Waals surface area contributed by atoms with Gasteiger partial charge >= 0.3 is 6.09 Å². The highest BCUT2D eigenvalue weighted by atomic mass is 35.5. The number of halogens is 1. The van der Waals surface area contributed by atoms with Crippen molar-refractivity contribution in [1.29, 1.82) is 0 Å². The molecule has 7 nitrogen and oxygen atoms in total. The number of nitrogens with one attached hydrogen (secondary N) is 2. The summed E-state index contributed by atoms with van der Waals surface area (Å²) in [6.07, 6.45) is 4.36. The van der Waals surface area contributed by atoms with E-state index in [1.54, 1.807) is 6.92 Å². The molecule has 1 heterocycles. The van der Waals surface area contributed by atoms with Gasteiger partial charge in [-0.2, -0.15) is 0 Å². The second kappa shape index (κ2) is 11.4. The molecule has 3 aromatic rings. The van der Waals surface area contributed by atoms with Gasteiger partial charge in [0.1, 0.15) is 5.54 Å². The molecule has 0 bridgehead atoms. The monoisotopic (exact) mass is 511 g/mol. The lowest BCUT2D eigenvalue weighted by Gasteiger charge is -2.46. The van der Waals surface area contributed by atoms with Crippen molar-refractivity contribution in [3.05, 3.63) is 71.9 Å². The number of fused-ring (bicyclic) bond motifs is 1. The zero-order valence-corrected chi connectivity index (χ0v) is 21.2. The van der Waals surface area contributed by atoms with Gasteiger partial charge in [0.15, 0.2) is 0 Å². The van der Waals surface area contributed by atoms with Crippen LogP contribution in [0.2, 0.25) is 0 Å². The maximum Gasteiger partial charge on any atom is 0.408 e. The molecule has 0 radical (unpaired) electrons. The molecule has 192 valence electrons. The number of rotatable bonds is 9. The molecule has 1 aliphatic rings. The second-order valence-electron chi connectivity index (χ2n) is 9.87. The highest BCUT2D eigenvalue weighted by Crippen LogP contribution is 2.35. The zero-order chi connectivity index (χ0) is 25.7. The maximum atomic E-state index is 14.0. The summed E-state index contributed by atoms with van der Waals surface area (Å²) in [4.78, 5) is 31.3. The average molecular weight is 512 g/mol. The van der Waals surface area contributed by atoms with E-state index in [-0.39, 0.29) is 18.4 Å². The smallest absolute Gasteiger partial charge is 0.408 e. The molecule has 2 aromatic carbocycles. The minimum atomic E-state index is -1.45. The topological polar surface area (TPSA) is 106 Å². The van der Waals surface area contributed by atoms with Crippen LogP contribution in [0.1, 0.15) is 43.7 Å². The van der Waals surface area contributed by atoms with Crippen molar-refractivity contribution in [1.82, 2.24) is 15.2 Å². The van der Waals surface area contributed by atoms with E-state index in [4.69, 9.17) is 11.6 Å². The van der Waals surface area contributed by atoms with Crippen molar-refractivity contribution >= 4 is 34.5 Å². The number of hydrogen-bond donors (Lipinski definition) is 4. The van der Waals surface area contributed by atoms with Gasteiger partial charge in [-0.1, -0.05) is 61.4 Å². The van der Waals surface area contributed by atoms with Crippen LogP contribution >= 0.6 is 11.6 Å². The van der Waals surface area contributed by atoms with Crippen LogP contribution in [-0.2, 0) is 17.6 Å². The number of carbonyl (C=O) groups is 2. The number of amides is 2. The first-order valence-corrected chi connectivity index (χ1v) is 12.9. The number of nitrogens with zero attached hydrogens (tertiary/aromatic N) is 1. The lowest BCUT2D eigenvalue weighted by atomic mass is 9.84. The molecule has 4 N–H and O–H groups in total. The second-order valence-corrected chi connectivity index (χ2v) is 10.4. The number of benzene rings is 2. The fourth-order valence-corrected chi connectivity index (χ4v) is 5.79. The van der Waals surface area contributed by atoms with Crippen LogP contribution in [0.3, 0.4) is 0 Å². The Morgan fingerprint density at radius 2 is 1.83 bits per heavy atom. The van der Waals surface area contributed by atoms with Crippen LogP contribution in [0.25, 0.3) is 10.9 Å². The Morgan fingerprint density at radius 3 is 2.53 bits per heavy atom. The van der Waals surface area contributed by atoms with Crippen LogP contribution in [0, 0.1) is 0 Å². The molecule has 1 fully saturated rings. The van der Waals surface area contributed by atoms with Gasteiger partial charge in [-0.25, -0.2) is 4.79 Å². The van der Waals surface area contributed by atoms with E-state index in [1.807, 2.05) is 60.8 Å². The summed E-state index contributed by atoms with van der Waals surface area (Å²) < 4.78 is 0. The van der Waals surface area contributed by atoms with Gasteiger partial charge in [-0.15, -0.1) is 11.6 Å². The first kappa shape index (κ1) is 26.0. The summed E-state index contributed by atoms with van der Waals surface area (Å²) in [5.41, 5.74) is 1.29. The Kier molecular flexibility index (Phi) is 8.21. The van der Waals surface area contributed by atoms with Crippen LogP contribution in [0.15, 0.2) is 60.8 Å². The summed E-state index contributed by atoms with van der Waals surface area (Å²) in [6, 6.07) is 16.3. The van der Waals surface area contributed by atoms with Crippen molar-refractivity contribution in [3.63, 3.8) is 0 Å². The predicted octanol–water partition coefficient (Wildman–Crippen LogP) is 4.72. The molecule has 0 aliphatic heterocycles. The van der Waals surface area contributed by atoms with Gasteiger partial charge in [0.25, 0.3) is 0 Å². The molecule has 0 spiro atoms. The van der Waals surface area contributed by atoms with Crippen molar-refractivity contribution in [2.75, 3.05) is 6.61 Å². The summed E-state index contributed by atoms with van der Waals surface area (Å²) in [5, 5.41) is 24.0. The first-order chi connectivity index (χ1) is 17.3.